The average molecular weight is 621 g/mol. The second-order valence-corrected chi connectivity index (χ2v) is 11.2. The Morgan fingerprint density at radius 1 is 0.659 bits per heavy atom. The largest absolute Gasteiger partial charge is 0.508 e. The zero-order valence-electron chi connectivity index (χ0n) is 26.7. The minimum absolute atomic E-state index is 0.0645. The molecule has 0 heterocycles. The lowest BCUT2D eigenvalue weighted by molar-refractivity contribution is -0.144. The highest BCUT2D eigenvalue weighted by Gasteiger charge is 2.27. The van der Waals surface area contributed by atoms with E-state index in [1.54, 1.807) is 72.9 Å². The lowest BCUT2D eigenvalue weighted by atomic mass is 10.1. The van der Waals surface area contributed by atoms with E-state index in [0.717, 1.165) is 0 Å². The van der Waals surface area contributed by atoms with Crippen LogP contribution in [-0.2, 0) is 33.3 Å². The highest BCUT2D eigenvalue weighted by Crippen LogP contribution is 2.21. The third-order valence-electron chi connectivity index (χ3n) is 5.19. The van der Waals surface area contributed by atoms with Crippen molar-refractivity contribution >= 4 is 24.1 Å². The van der Waals surface area contributed by atoms with Crippen LogP contribution in [0, 0.1) is 0 Å². The van der Waals surface area contributed by atoms with Crippen molar-refractivity contribution in [2.45, 2.75) is 64.8 Å². The number of benzene rings is 2. The Hall–Kier alpha value is -4.52. The van der Waals surface area contributed by atoms with Crippen molar-refractivity contribution in [1.29, 1.82) is 0 Å². The number of amides is 2. The van der Waals surface area contributed by atoms with E-state index >= 15 is 0 Å². The van der Waals surface area contributed by atoms with Crippen molar-refractivity contribution in [2.24, 2.45) is 0 Å². The van der Waals surface area contributed by atoms with Gasteiger partial charge < -0.3 is 44.2 Å². The fourth-order valence-corrected chi connectivity index (χ4v) is 3.31. The molecule has 244 valence electrons. The van der Waals surface area contributed by atoms with Crippen LogP contribution in [0.25, 0.3) is 0 Å². The maximum absolute atomic E-state index is 12.0. The Morgan fingerprint density at radius 3 is 1.39 bits per heavy atom. The molecule has 0 saturated carbocycles. The first kappa shape index (κ1) is 37.5. The number of methoxy groups -OCH3 is 3. The number of carbonyl (C=O) groups excluding carboxylic acids is 4. The number of esters is 2. The number of nitrogens with one attached hydrogen (secondary N) is 2. The SMILES string of the molecule is COC(=O)C(NC(=O)OC(C)(C)C)c1ccc(O)cc1.COCCOc1ccc(C(NC(=O)OC(C)(C)C)C(=O)OC)cc1. The van der Waals surface area contributed by atoms with Crippen molar-refractivity contribution in [3.63, 3.8) is 0 Å². The van der Waals surface area contributed by atoms with Crippen LogP contribution in [0.3, 0.4) is 0 Å². The third kappa shape index (κ3) is 14.6. The minimum Gasteiger partial charge on any atom is -0.508 e. The predicted octanol–water partition coefficient (Wildman–Crippen LogP) is 4.58. The van der Waals surface area contributed by atoms with E-state index in [1.165, 1.54) is 38.5 Å². The Kier molecular flexibility index (Phi) is 15.0. The number of carbonyl (C=O) groups is 4. The van der Waals surface area contributed by atoms with Crippen molar-refractivity contribution < 1.29 is 52.7 Å². The normalized spacial score (nSPS) is 12.3. The van der Waals surface area contributed by atoms with Gasteiger partial charge in [-0.25, -0.2) is 19.2 Å². The van der Waals surface area contributed by atoms with E-state index < -0.39 is 47.4 Å². The summed E-state index contributed by atoms with van der Waals surface area (Å²) in [6.45, 7) is 11.3. The summed E-state index contributed by atoms with van der Waals surface area (Å²) in [5.74, 6) is -0.512. The van der Waals surface area contributed by atoms with Crippen molar-refractivity contribution in [2.75, 3.05) is 34.5 Å². The summed E-state index contributed by atoms with van der Waals surface area (Å²) in [5, 5.41) is 14.2. The van der Waals surface area contributed by atoms with Gasteiger partial charge in [0.1, 0.15) is 29.3 Å². The molecule has 2 amide bonds. The first-order valence-electron chi connectivity index (χ1n) is 13.6. The van der Waals surface area contributed by atoms with Gasteiger partial charge in [-0.2, -0.15) is 0 Å². The quantitative estimate of drug-likeness (QED) is 0.193. The van der Waals surface area contributed by atoms with Crippen molar-refractivity contribution in [3.05, 3.63) is 59.7 Å². The van der Waals surface area contributed by atoms with Gasteiger partial charge in [-0.3, -0.25) is 0 Å². The van der Waals surface area contributed by atoms with Crippen LogP contribution in [0.1, 0.15) is 64.8 Å². The fraction of sp³-hybridized carbons (Fsp3) is 0.484. The van der Waals surface area contributed by atoms with Crippen LogP contribution in [-0.4, -0.2) is 75.0 Å². The van der Waals surface area contributed by atoms with Crippen molar-refractivity contribution in [3.8, 4) is 11.5 Å². The fourth-order valence-electron chi connectivity index (χ4n) is 3.31. The van der Waals surface area contributed by atoms with Crippen LogP contribution >= 0.6 is 0 Å². The van der Waals surface area contributed by atoms with E-state index in [2.05, 4.69) is 15.4 Å². The summed E-state index contributed by atoms with van der Waals surface area (Å²) < 4.78 is 30.1. The molecule has 0 bridgehead atoms. The molecule has 0 fully saturated rings. The average Bonchev–Trinajstić information content (AvgIpc) is 2.93. The van der Waals surface area contributed by atoms with Gasteiger partial charge in [-0.05, 0) is 76.9 Å². The Morgan fingerprint density at radius 2 is 1.05 bits per heavy atom. The summed E-state index contributed by atoms with van der Waals surface area (Å²) in [6.07, 6.45) is -1.42. The summed E-state index contributed by atoms with van der Waals surface area (Å²) in [7, 11) is 4.08. The number of phenols is 1. The molecule has 2 aromatic rings. The van der Waals surface area contributed by atoms with E-state index in [4.69, 9.17) is 23.7 Å². The zero-order chi connectivity index (χ0) is 33.5. The number of rotatable bonds is 10. The first-order valence-corrected chi connectivity index (χ1v) is 13.6. The molecule has 0 aromatic heterocycles. The standard InChI is InChI=1S/C17H25NO6.C14H19NO5/c1-17(2,3)24-16(20)18-14(15(19)22-5)12-6-8-13(9-7-12)23-11-10-21-4;1-14(2,3)20-13(18)15-11(12(17)19-4)9-5-7-10(16)8-6-9/h6-9,14H,10-11H2,1-5H3,(H,18,20);5-8,11,16H,1-4H3,(H,15,18). The van der Waals surface area contributed by atoms with Gasteiger partial charge in [0.05, 0.1) is 20.8 Å². The van der Waals surface area contributed by atoms with E-state index in [9.17, 15) is 24.3 Å². The summed E-state index contributed by atoms with van der Waals surface area (Å²) in [5.41, 5.74) is -0.281. The van der Waals surface area contributed by atoms with Gasteiger partial charge in [-0.15, -0.1) is 0 Å². The maximum atomic E-state index is 12.0. The number of hydrogen-bond donors (Lipinski definition) is 3. The molecule has 0 saturated heterocycles. The molecule has 0 aliphatic rings. The number of ether oxygens (including phenoxy) is 6. The van der Waals surface area contributed by atoms with E-state index in [-0.39, 0.29) is 5.75 Å². The molecule has 44 heavy (non-hydrogen) atoms. The highest BCUT2D eigenvalue weighted by molar-refractivity contribution is 5.83. The number of phenolic OH excluding ortho intramolecular Hbond substituents is 1. The van der Waals surface area contributed by atoms with Gasteiger partial charge in [0, 0.05) is 7.11 Å². The molecule has 2 unspecified atom stereocenters. The number of aromatic hydroxyl groups is 1. The smallest absolute Gasteiger partial charge is 0.408 e. The topological polar surface area (TPSA) is 168 Å². The molecule has 13 heteroatoms. The summed E-state index contributed by atoms with van der Waals surface area (Å²) in [6, 6.07) is 10.7. The Labute approximate surface area is 258 Å². The van der Waals surface area contributed by atoms with Gasteiger partial charge in [-0.1, -0.05) is 24.3 Å². The lowest BCUT2D eigenvalue weighted by Gasteiger charge is -2.22. The van der Waals surface area contributed by atoms with Crippen LogP contribution < -0.4 is 15.4 Å². The summed E-state index contributed by atoms with van der Waals surface area (Å²) >= 11 is 0. The Balaban J connectivity index is 0.000000447. The highest BCUT2D eigenvalue weighted by atomic mass is 16.6. The van der Waals surface area contributed by atoms with Crippen molar-refractivity contribution in [1.82, 2.24) is 10.6 Å². The maximum Gasteiger partial charge on any atom is 0.408 e. The molecule has 3 N–H and O–H groups in total. The molecular weight excluding hydrogens is 576 g/mol. The molecule has 0 radical (unpaired) electrons. The van der Waals surface area contributed by atoms with Gasteiger partial charge >= 0.3 is 24.1 Å². The lowest BCUT2D eigenvalue weighted by Crippen LogP contribution is -2.38. The monoisotopic (exact) mass is 620 g/mol. The van der Waals surface area contributed by atoms with Gasteiger partial charge in [0.15, 0.2) is 12.1 Å². The van der Waals surface area contributed by atoms with Gasteiger partial charge in [0.2, 0.25) is 0 Å². The van der Waals surface area contributed by atoms with E-state index in [1.807, 2.05) is 0 Å². The molecule has 2 aromatic carbocycles. The summed E-state index contributed by atoms with van der Waals surface area (Å²) in [4.78, 5) is 47.4. The minimum atomic E-state index is -0.990. The van der Waals surface area contributed by atoms with Crippen LogP contribution in [0.5, 0.6) is 11.5 Å². The molecular formula is C31H44N2O11. The third-order valence-corrected chi connectivity index (χ3v) is 5.19. The predicted molar refractivity (Wildman–Crippen MR) is 160 cm³/mol. The van der Waals surface area contributed by atoms with Crippen LogP contribution in [0.15, 0.2) is 48.5 Å². The van der Waals surface area contributed by atoms with Crippen LogP contribution in [0.2, 0.25) is 0 Å². The molecule has 0 aliphatic carbocycles. The number of alkyl carbamates (subject to hydrolysis) is 2. The van der Waals surface area contributed by atoms with E-state index in [0.29, 0.717) is 30.1 Å². The molecule has 0 spiro atoms. The Bertz CT molecular complexity index is 1200. The molecule has 2 rings (SSSR count). The zero-order valence-corrected chi connectivity index (χ0v) is 26.7. The van der Waals surface area contributed by atoms with Crippen LogP contribution in [0.4, 0.5) is 9.59 Å². The number of hydrogen-bond acceptors (Lipinski definition) is 11. The molecule has 13 nitrogen and oxygen atoms in total. The first-order chi connectivity index (χ1) is 20.5. The second kappa shape index (κ2) is 17.6. The van der Waals surface area contributed by atoms with Gasteiger partial charge in [0.25, 0.3) is 0 Å². The molecule has 0 aliphatic heterocycles. The second-order valence-electron chi connectivity index (χ2n) is 11.2. The molecule has 2 atom stereocenters.